The number of aromatic amines is 1. The Balaban J connectivity index is 1.30. The zero-order valence-electron chi connectivity index (χ0n) is 20.0. The Kier molecular flexibility index (Phi) is 5.03. The number of carbonyl (C=O) groups excluding carboxylic acids is 1. The lowest BCUT2D eigenvalue weighted by molar-refractivity contribution is -0.116. The summed E-state index contributed by atoms with van der Waals surface area (Å²) in [5, 5.41) is 12.0. The van der Waals surface area contributed by atoms with Gasteiger partial charge in [0.2, 0.25) is 5.91 Å². The lowest BCUT2D eigenvalue weighted by Gasteiger charge is -2.17. The van der Waals surface area contributed by atoms with Gasteiger partial charge in [0.25, 0.3) is 0 Å². The number of thiophene rings is 1. The highest BCUT2D eigenvalue weighted by molar-refractivity contribution is 7.13. The van der Waals surface area contributed by atoms with Crippen molar-refractivity contribution in [3.05, 3.63) is 83.7 Å². The van der Waals surface area contributed by atoms with Gasteiger partial charge >= 0.3 is 0 Å². The number of nitrogens with zero attached hydrogens (tertiary/aromatic N) is 3. The van der Waals surface area contributed by atoms with E-state index in [2.05, 4.69) is 60.5 Å². The van der Waals surface area contributed by atoms with Gasteiger partial charge in [0.05, 0.1) is 29.3 Å². The molecule has 0 radical (unpaired) electrons. The molecule has 7 rings (SSSR count). The largest absolute Gasteiger partial charge is 0.360 e. The second-order valence-corrected chi connectivity index (χ2v) is 10.1. The molecule has 4 N–H and O–H groups in total. The van der Waals surface area contributed by atoms with Crippen LogP contribution < -0.4 is 16.0 Å². The first kappa shape index (κ1) is 21.8. The van der Waals surface area contributed by atoms with Gasteiger partial charge in [-0.15, -0.1) is 11.3 Å². The third kappa shape index (κ3) is 3.84. The fourth-order valence-corrected chi connectivity index (χ4v) is 5.57. The van der Waals surface area contributed by atoms with Crippen molar-refractivity contribution >= 4 is 45.2 Å². The minimum Gasteiger partial charge on any atom is -0.360 e. The van der Waals surface area contributed by atoms with E-state index >= 15 is 0 Å². The summed E-state index contributed by atoms with van der Waals surface area (Å²) in [7, 11) is 0. The SMILES string of the molecule is CCCC(=O)Nc1cncc(-c2ccc3c(c2)C(c2nc4c(-c5cccs5)cncc4[nH]2)=C2NC2N3)c1. The van der Waals surface area contributed by atoms with E-state index in [1.165, 1.54) is 0 Å². The summed E-state index contributed by atoms with van der Waals surface area (Å²) in [5.41, 5.74) is 9.74. The summed E-state index contributed by atoms with van der Waals surface area (Å²) in [6.45, 7) is 1.99. The highest BCUT2D eigenvalue weighted by atomic mass is 32.1. The second kappa shape index (κ2) is 8.56. The van der Waals surface area contributed by atoms with E-state index in [-0.39, 0.29) is 12.1 Å². The molecule has 4 aromatic heterocycles. The number of fused-ring (bicyclic) bond motifs is 3. The molecule has 1 saturated heterocycles. The van der Waals surface area contributed by atoms with Crippen LogP contribution in [0.5, 0.6) is 0 Å². The molecule has 1 unspecified atom stereocenters. The van der Waals surface area contributed by atoms with E-state index < -0.39 is 0 Å². The Morgan fingerprint density at radius 3 is 2.81 bits per heavy atom. The van der Waals surface area contributed by atoms with Gasteiger partial charge in [0, 0.05) is 51.6 Å². The molecule has 1 atom stereocenters. The van der Waals surface area contributed by atoms with Crippen LogP contribution in [0.3, 0.4) is 0 Å². The number of imidazole rings is 1. The van der Waals surface area contributed by atoms with Gasteiger partial charge in [-0.1, -0.05) is 19.1 Å². The van der Waals surface area contributed by atoms with Gasteiger partial charge in [-0.3, -0.25) is 14.8 Å². The number of anilines is 2. The Morgan fingerprint density at radius 1 is 1.03 bits per heavy atom. The summed E-state index contributed by atoms with van der Waals surface area (Å²) in [4.78, 5) is 30.6. The fourth-order valence-electron chi connectivity index (χ4n) is 4.83. The molecule has 2 aliphatic rings. The number of carbonyl (C=O) groups is 1. The van der Waals surface area contributed by atoms with Crippen LogP contribution in [0.4, 0.5) is 11.4 Å². The van der Waals surface area contributed by atoms with Gasteiger partial charge in [0.1, 0.15) is 17.5 Å². The molecule has 1 fully saturated rings. The van der Waals surface area contributed by atoms with E-state index in [0.717, 1.165) is 67.4 Å². The van der Waals surface area contributed by atoms with Crippen molar-refractivity contribution in [2.75, 3.05) is 10.6 Å². The average Bonchev–Trinajstić information content (AvgIpc) is 3.27. The quantitative estimate of drug-likeness (QED) is 0.223. The van der Waals surface area contributed by atoms with Crippen molar-refractivity contribution in [3.63, 3.8) is 0 Å². The predicted molar refractivity (Wildman–Crippen MR) is 147 cm³/mol. The molecule has 37 heavy (non-hydrogen) atoms. The van der Waals surface area contributed by atoms with E-state index in [1.807, 2.05) is 37.6 Å². The number of H-pyrrole nitrogens is 1. The van der Waals surface area contributed by atoms with Gasteiger partial charge in [-0.25, -0.2) is 4.98 Å². The number of hydrogen-bond acceptors (Lipinski definition) is 7. The summed E-state index contributed by atoms with van der Waals surface area (Å²) in [6, 6.07) is 12.4. The van der Waals surface area contributed by atoms with Crippen LogP contribution in [0.2, 0.25) is 0 Å². The van der Waals surface area contributed by atoms with Crippen molar-refractivity contribution < 1.29 is 4.79 Å². The van der Waals surface area contributed by atoms with Crippen LogP contribution in [0.25, 0.3) is 38.2 Å². The summed E-state index contributed by atoms with van der Waals surface area (Å²) in [5.74, 6) is 0.805. The first-order chi connectivity index (χ1) is 18.2. The minimum atomic E-state index is -0.00440. The van der Waals surface area contributed by atoms with E-state index in [9.17, 15) is 4.79 Å². The number of amides is 1. The summed E-state index contributed by atoms with van der Waals surface area (Å²) < 4.78 is 0. The van der Waals surface area contributed by atoms with E-state index in [4.69, 9.17) is 4.98 Å². The normalized spacial score (nSPS) is 15.5. The monoisotopic (exact) mass is 505 g/mol. The summed E-state index contributed by atoms with van der Waals surface area (Å²) >= 11 is 1.68. The molecular weight excluding hydrogens is 482 g/mol. The van der Waals surface area contributed by atoms with Gasteiger partial charge in [-0.05, 0) is 41.6 Å². The Labute approximate surface area is 216 Å². The van der Waals surface area contributed by atoms with Gasteiger partial charge in [0.15, 0.2) is 0 Å². The zero-order chi connectivity index (χ0) is 24.9. The first-order valence-electron chi connectivity index (χ1n) is 12.2. The molecule has 5 aromatic rings. The third-order valence-corrected chi connectivity index (χ3v) is 7.52. The number of rotatable bonds is 6. The highest BCUT2D eigenvalue weighted by Gasteiger charge is 2.39. The highest BCUT2D eigenvalue weighted by Crippen LogP contribution is 2.43. The van der Waals surface area contributed by atoms with Crippen molar-refractivity contribution in [3.8, 4) is 21.6 Å². The number of aromatic nitrogens is 4. The fraction of sp³-hybridized carbons (Fsp3) is 0.143. The molecule has 1 aromatic carbocycles. The first-order valence-corrected chi connectivity index (χ1v) is 13.1. The van der Waals surface area contributed by atoms with Crippen LogP contribution in [-0.4, -0.2) is 32.0 Å². The Bertz CT molecular complexity index is 1700. The van der Waals surface area contributed by atoms with Crippen molar-refractivity contribution in [2.45, 2.75) is 25.9 Å². The average molecular weight is 506 g/mol. The molecular formula is C28H23N7OS. The molecule has 0 saturated carbocycles. The lowest BCUT2D eigenvalue weighted by Crippen LogP contribution is -2.12. The molecule has 182 valence electrons. The second-order valence-electron chi connectivity index (χ2n) is 9.18. The van der Waals surface area contributed by atoms with Crippen molar-refractivity contribution in [1.29, 1.82) is 0 Å². The number of benzene rings is 1. The number of pyridine rings is 2. The number of hydrogen-bond donors (Lipinski definition) is 4. The Morgan fingerprint density at radius 2 is 1.95 bits per heavy atom. The van der Waals surface area contributed by atoms with E-state index in [0.29, 0.717) is 12.1 Å². The topological polar surface area (TPSA) is 118 Å². The van der Waals surface area contributed by atoms with Crippen LogP contribution in [0, 0.1) is 0 Å². The minimum absolute atomic E-state index is 0.00440. The molecule has 0 spiro atoms. The maximum Gasteiger partial charge on any atom is 0.224 e. The van der Waals surface area contributed by atoms with E-state index in [1.54, 1.807) is 17.5 Å². The van der Waals surface area contributed by atoms with Gasteiger partial charge < -0.3 is 20.9 Å². The predicted octanol–water partition coefficient (Wildman–Crippen LogP) is 5.60. The van der Waals surface area contributed by atoms with Crippen molar-refractivity contribution in [2.24, 2.45) is 0 Å². The molecule has 0 aliphatic carbocycles. The Hall–Kier alpha value is -4.50. The van der Waals surface area contributed by atoms with Crippen LogP contribution in [0.1, 0.15) is 31.2 Å². The standard InChI is InChI=1S/C28H23N7OS/c1-2-4-23(36)31-17-9-16(11-29-12-17)15-6-7-20-18(10-15)24(26-28(32-20)35-26)27-33-21-14-30-13-19(25(21)34-27)22-5-3-8-37-22/h3,5-14,28,32,35H,2,4H2,1H3,(H,31,36)(H,33,34). The molecule has 9 heteroatoms. The van der Waals surface area contributed by atoms with Gasteiger partial charge in [-0.2, -0.15) is 0 Å². The van der Waals surface area contributed by atoms with Crippen LogP contribution >= 0.6 is 11.3 Å². The van der Waals surface area contributed by atoms with Crippen LogP contribution in [-0.2, 0) is 4.79 Å². The maximum absolute atomic E-state index is 12.1. The molecule has 2 aliphatic heterocycles. The lowest BCUT2D eigenvalue weighted by atomic mass is 9.95. The zero-order valence-corrected chi connectivity index (χ0v) is 20.8. The molecule has 0 bridgehead atoms. The summed E-state index contributed by atoms with van der Waals surface area (Å²) in [6.07, 6.45) is 8.60. The number of nitrogens with one attached hydrogen (secondary N) is 4. The third-order valence-electron chi connectivity index (χ3n) is 6.61. The molecule has 8 nitrogen and oxygen atoms in total. The molecule has 6 heterocycles. The molecule has 1 amide bonds. The smallest absolute Gasteiger partial charge is 0.224 e. The maximum atomic E-state index is 12.1. The van der Waals surface area contributed by atoms with Crippen molar-refractivity contribution in [1.82, 2.24) is 25.3 Å². The van der Waals surface area contributed by atoms with Crippen LogP contribution in [0.15, 0.2) is 72.3 Å².